The molecule has 0 bridgehead atoms. The van der Waals surface area contributed by atoms with Crippen LogP contribution in [0.2, 0.25) is 0 Å². The second-order valence-electron chi connectivity index (χ2n) is 0.938. The molecule has 0 aromatic carbocycles. The van der Waals surface area contributed by atoms with Crippen LogP contribution in [0, 0.1) is 0 Å². The third-order valence-corrected chi connectivity index (χ3v) is 0.374. The van der Waals surface area contributed by atoms with Gasteiger partial charge in [0.05, 0.1) is 6.33 Å². The summed E-state index contributed by atoms with van der Waals surface area (Å²) in [6, 6.07) is 0. The molecule has 0 amide bonds. The van der Waals surface area contributed by atoms with Gasteiger partial charge >= 0.3 is 51.4 Å². The molecule has 0 rings (SSSR count). The minimum atomic E-state index is -1.27. The summed E-state index contributed by atoms with van der Waals surface area (Å²) < 4.78 is 10.9. The first-order valence-electron chi connectivity index (χ1n) is 1.72. The van der Waals surface area contributed by atoms with Gasteiger partial charge in [-0.3, -0.25) is 0 Å². The number of aliphatic carboxylic acids is 1. The van der Waals surface area contributed by atoms with E-state index in [0.29, 0.717) is 0 Å². The van der Waals surface area contributed by atoms with Crippen molar-refractivity contribution in [3.05, 3.63) is 12.4 Å². The Hall–Kier alpha value is 0.776. The Morgan fingerprint density at radius 1 is 1.75 bits per heavy atom. The molecular formula is C4H4FKO2. The summed E-state index contributed by atoms with van der Waals surface area (Å²) in [5, 5.41) is 9.43. The van der Waals surface area contributed by atoms with Crippen molar-refractivity contribution in [1.29, 1.82) is 0 Å². The summed E-state index contributed by atoms with van der Waals surface area (Å²) in [5.41, 5.74) is 0. The van der Waals surface area contributed by atoms with E-state index in [2.05, 4.69) is 0 Å². The van der Waals surface area contributed by atoms with Gasteiger partial charge in [0.1, 0.15) is 0 Å². The first-order valence-corrected chi connectivity index (χ1v) is 1.72. The van der Waals surface area contributed by atoms with Gasteiger partial charge in [0.25, 0.3) is 0 Å². The Morgan fingerprint density at radius 3 is 2.38 bits per heavy atom. The summed E-state index contributed by atoms with van der Waals surface area (Å²) >= 11 is 0. The molecule has 0 aromatic rings. The van der Waals surface area contributed by atoms with Crippen LogP contribution in [0.15, 0.2) is 12.4 Å². The summed E-state index contributed by atoms with van der Waals surface area (Å²) in [5.74, 6) is -1.27. The smallest absolute Gasteiger partial charge is 0.550 e. The van der Waals surface area contributed by atoms with Crippen LogP contribution in [0.1, 0.15) is 6.42 Å². The van der Waals surface area contributed by atoms with Crippen molar-refractivity contribution >= 4 is 5.97 Å². The molecule has 4 heteroatoms. The maximum Gasteiger partial charge on any atom is 1.00 e. The molecule has 0 aromatic heterocycles. The molecule has 0 unspecified atom stereocenters. The van der Waals surface area contributed by atoms with Gasteiger partial charge in [-0.2, -0.15) is 0 Å². The van der Waals surface area contributed by atoms with Crippen LogP contribution in [0.5, 0.6) is 0 Å². The van der Waals surface area contributed by atoms with Crippen LogP contribution in [0.25, 0.3) is 0 Å². The Kier molecular flexibility index (Phi) is 11.2. The van der Waals surface area contributed by atoms with E-state index in [1.165, 1.54) is 0 Å². The van der Waals surface area contributed by atoms with Crippen molar-refractivity contribution in [2.75, 3.05) is 0 Å². The van der Waals surface area contributed by atoms with Crippen LogP contribution in [-0.2, 0) is 4.79 Å². The second-order valence-corrected chi connectivity index (χ2v) is 0.938. The summed E-state index contributed by atoms with van der Waals surface area (Å²) in [4.78, 5) is 9.43. The molecule has 8 heavy (non-hydrogen) atoms. The monoisotopic (exact) mass is 142 g/mol. The van der Waals surface area contributed by atoms with Gasteiger partial charge in [-0.05, 0) is 0 Å². The van der Waals surface area contributed by atoms with Crippen LogP contribution < -0.4 is 56.5 Å². The van der Waals surface area contributed by atoms with E-state index in [9.17, 15) is 14.3 Å². The molecule has 0 N–H and O–H groups in total. The summed E-state index contributed by atoms with van der Waals surface area (Å²) in [6.07, 6.45) is 0.696. The number of carboxylic acid groups (broad SMARTS) is 1. The average molecular weight is 142 g/mol. The fourth-order valence-electron chi connectivity index (χ4n) is 0.141. The Labute approximate surface area is 89.2 Å². The van der Waals surface area contributed by atoms with Gasteiger partial charge in [-0.15, -0.1) is 0 Å². The van der Waals surface area contributed by atoms with Gasteiger partial charge < -0.3 is 9.90 Å². The van der Waals surface area contributed by atoms with Crippen molar-refractivity contribution in [3.8, 4) is 0 Å². The molecule has 0 aliphatic carbocycles. The molecule has 0 fully saturated rings. The predicted octanol–water partition coefficient (Wildman–Crippen LogP) is -3.39. The van der Waals surface area contributed by atoms with Crippen LogP contribution in [-0.4, -0.2) is 5.97 Å². The van der Waals surface area contributed by atoms with Crippen LogP contribution in [0.3, 0.4) is 0 Å². The summed E-state index contributed by atoms with van der Waals surface area (Å²) in [6.45, 7) is 0. The number of halogens is 1. The van der Waals surface area contributed by atoms with Gasteiger partial charge in [0, 0.05) is 12.4 Å². The Morgan fingerprint density at radius 2 is 2.25 bits per heavy atom. The van der Waals surface area contributed by atoms with E-state index >= 15 is 0 Å². The number of carbonyl (C=O) groups excluding carboxylic acids is 1. The molecule has 0 aliphatic heterocycles. The number of rotatable bonds is 2. The predicted molar refractivity (Wildman–Crippen MR) is 19.9 cm³/mol. The Balaban J connectivity index is 0. The van der Waals surface area contributed by atoms with E-state index in [-0.39, 0.29) is 64.1 Å². The molecular weight excluding hydrogens is 138 g/mol. The maximum atomic E-state index is 10.9. The number of hydrogen-bond donors (Lipinski definition) is 0. The van der Waals surface area contributed by atoms with Gasteiger partial charge in [-0.25, -0.2) is 4.39 Å². The average Bonchev–Trinajstić information content (AvgIpc) is 1.61. The number of hydrogen-bond acceptors (Lipinski definition) is 2. The molecule has 0 heterocycles. The van der Waals surface area contributed by atoms with Crippen molar-refractivity contribution in [3.63, 3.8) is 0 Å². The molecule has 2 nitrogen and oxygen atoms in total. The van der Waals surface area contributed by atoms with Gasteiger partial charge in [0.15, 0.2) is 0 Å². The van der Waals surface area contributed by atoms with Crippen LogP contribution in [0.4, 0.5) is 4.39 Å². The number of carboxylic acids is 1. The van der Waals surface area contributed by atoms with Gasteiger partial charge in [-0.1, -0.05) is 6.08 Å². The fourth-order valence-corrected chi connectivity index (χ4v) is 0.141. The topological polar surface area (TPSA) is 40.1 Å². The maximum absolute atomic E-state index is 10.9. The van der Waals surface area contributed by atoms with Crippen LogP contribution >= 0.6 is 0 Å². The van der Waals surface area contributed by atoms with E-state index < -0.39 is 5.97 Å². The molecule has 0 saturated heterocycles. The standard InChI is InChI=1S/C4H5FO2.K/c5-3-1-2-4(6)7;/h1,3H,2H2,(H,6,7);/q;+1/p-1. The Bertz CT molecular complexity index is 92.0. The first kappa shape index (κ1) is 11.6. The van der Waals surface area contributed by atoms with E-state index in [1.54, 1.807) is 0 Å². The fraction of sp³-hybridized carbons (Fsp3) is 0.250. The third-order valence-electron chi connectivity index (χ3n) is 0.374. The quantitative estimate of drug-likeness (QED) is 0.377. The van der Waals surface area contributed by atoms with Crippen molar-refractivity contribution in [1.82, 2.24) is 0 Å². The third kappa shape index (κ3) is 9.91. The second kappa shape index (κ2) is 7.78. The minimum Gasteiger partial charge on any atom is -0.550 e. The van der Waals surface area contributed by atoms with Gasteiger partial charge in [0.2, 0.25) is 0 Å². The van der Waals surface area contributed by atoms with Crippen molar-refractivity contribution < 1.29 is 65.7 Å². The molecule has 0 atom stereocenters. The molecule has 0 saturated carbocycles. The zero-order chi connectivity index (χ0) is 5.70. The zero-order valence-corrected chi connectivity index (χ0v) is 7.68. The SMILES string of the molecule is O=C([O-])CC=CF.[K+]. The summed E-state index contributed by atoms with van der Waals surface area (Å²) in [7, 11) is 0. The number of carbonyl (C=O) groups is 1. The van der Waals surface area contributed by atoms with E-state index in [0.717, 1.165) is 6.08 Å². The van der Waals surface area contributed by atoms with Crippen molar-refractivity contribution in [2.45, 2.75) is 6.42 Å². The molecule has 0 aliphatic rings. The first-order chi connectivity index (χ1) is 3.27. The molecule has 0 spiro atoms. The molecule has 0 radical (unpaired) electrons. The molecule has 40 valence electrons. The zero-order valence-electron chi connectivity index (χ0n) is 4.56. The largest absolute Gasteiger partial charge is 1.00 e. The van der Waals surface area contributed by atoms with E-state index in [1.807, 2.05) is 0 Å². The minimum absolute atomic E-state index is 0. The van der Waals surface area contributed by atoms with Crippen molar-refractivity contribution in [2.24, 2.45) is 0 Å². The normalized spacial score (nSPS) is 8.62. The van der Waals surface area contributed by atoms with E-state index in [4.69, 9.17) is 0 Å².